The zero-order valence-corrected chi connectivity index (χ0v) is 18.0. The molecular formula is C21H32ClFN4O2. The first-order valence-electron chi connectivity index (χ1n) is 10.4. The van der Waals surface area contributed by atoms with Gasteiger partial charge >= 0.3 is 0 Å². The molecule has 0 spiro atoms. The third kappa shape index (κ3) is 6.66. The first-order valence-corrected chi connectivity index (χ1v) is 10.7. The maximum Gasteiger partial charge on any atom is 0.251 e. The van der Waals surface area contributed by atoms with Crippen molar-refractivity contribution in [2.24, 2.45) is 11.7 Å². The fraction of sp³-hybridized carbons (Fsp3) is 0.619. The van der Waals surface area contributed by atoms with Crippen LogP contribution in [-0.4, -0.2) is 55.0 Å². The van der Waals surface area contributed by atoms with E-state index < -0.39 is 5.82 Å². The van der Waals surface area contributed by atoms with Crippen LogP contribution in [0.4, 0.5) is 4.39 Å². The Balaban J connectivity index is 2.00. The molecule has 162 valence electrons. The molecule has 1 saturated heterocycles. The normalized spacial score (nSPS) is 20.1. The van der Waals surface area contributed by atoms with Gasteiger partial charge in [-0.3, -0.25) is 9.59 Å². The lowest BCUT2D eigenvalue weighted by molar-refractivity contribution is -0.133. The quantitative estimate of drug-likeness (QED) is 0.566. The monoisotopic (exact) mass is 426 g/mol. The summed E-state index contributed by atoms with van der Waals surface area (Å²) >= 11 is 5.67. The molecule has 1 aromatic rings. The Morgan fingerprint density at radius 1 is 1.41 bits per heavy atom. The second kappa shape index (κ2) is 11.5. The van der Waals surface area contributed by atoms with E-state index in [2.05, 4.69) is 24.5 Å². The number of benzene rings is 1. The number of halogens is 2. The number of carbonyl (C=O) groups excluding carboxylic acids is 2. The summed E-state index contributed by atoms with van der Waals surface area (Å²) in [5, 5.41) is 6.16. The van der Waals surface area contributed by atoms with Gasteiger partial charge in [0.05, 0.1) is 11.1 Å². The molecular weight excluding hydrogens is 395 g/mol. The lowest BCUT2D eigenvalue weighted by atomic mass is 10.0. The Kier molecular flexibility index (Phi) is 9.33. The lowest BCUT2D eigenvalue weighted by Gasteiger charge is -2.27. The van der Waals surface area contributed by atoms with Gasteiger partial charge in [-0.1, -0.05) is 38.3 Å². The Bertz CT molecular complexity index is 699. The third-order valence-corrected chi connectivity index (χ3v) is 5.88. The van der Waals surface area contributed by atoms with Gasteiger partial charge in [-0.2, -0.15) is 0 Å². The van der Waals surface area contributed by atoms with E-state index in [9.17, 15) is 14.0 Å². The number of rotatable bonds is 9. The summed E-state index contributed by atoms with van der Waals surface area (Å²) in [7, 11) is 0. The van der Waals surface area contributed by atoms with Gasteiger partial charge < -0.3 is 21.3 Å². The van der Waals surface area contributed by atoms with Crippen LogP contribution in [0.15, 0.2) is 18.2 Å². The second-order valence-corrected chi connectivity index (χ2v) is 8.00. The maximum atomic E-state index is 13.6. The van der Waals surface area contributed by atoms with Gasteiger partial charge in [0.1, 0.15) is 5.82 Å². The lowest BCUT2D eigenvalue weighted by Crippen LogP contribution is -2.50. The highest BCUT2D eigenvalue weighted by Crippen LogP contribution is 2.17. The molecule has 2 rings (SSSR count). The van der Waals surface area contributed by atoms with Crippen LogP contribution in [0.5, 0.6) is 0 Å². The average Bonchev–Trinajstić information content (AvgIpc) is 2.86. The molecule has 1 fully saturated rings. The molecule has 2 atom stereocenters. The number of nitrogens with one attached hydrogen (secondary N) is 2. The molecule has 2 amide bonds. The number of amides is 2. The van der Waals surface area contributed by atoms with Crippen LogP contribution in [0, 0.1) is 11.7 Å². The SMILES string of the molecule is CCC(CC)CN1CC[C@@H](CNC(=O)c2ccc(Cl)c(F)c2)N[C@@H](CCN)C1=O. The molecule has 0 aromatic heterocycles. The van der Waals surface area contributed by atoms with Crippen LogP contribution >= 0.6 is 11.6 Å². The molecule has 29 heavy (non-hydrogen) atoms. The first kappa shape index (κ1) is 23.6. The highest BCUT2D eigenvalue weighted by molar-refractivity contribution is 6.30. The molecule has 6 nitrogen and oxygen atoms in total. The molecule has 0 bridgehead atoms. The van der Waals surface area contributed by atoms with Gasteiger partial charge in [0.15, 0.2) is 0 Å². The molecule has 1 aliphatic rings. The average molecular weight is 427 g/mol. The first-order chi connectivity index (χ1) is 13.9. The summed E-state index contributed by atoms with van der Waals surface area (Å²) < 4.78 is 13.6. The maximum absolute atomic E-state index is 13.6. The molecule has 1 heterocycles. The predicted octanol–water partition coefficient (Wildman–Crippen LogP) is 2.55. The van der Waals surface area contributed by atoms with E-state index in [0.29, 0.717) is 32.0 Å². The van der Waals surface area contributed by atoms with Crippen LogP contribution in [-0.2, 0) is 4.79 Å². The molecule has 1 aromatic carbocycles. The minimum atomic E-state index is -0.627. The van der Waals surface area contributed by atoms with Crippen molar-refractivity contribution in [3.05, 3.63) is 34.6 Å². The van der Waals surface area contributed by atoms with E-state index in [4.69, 9.17) is 17.3 Å². The Morgan fingerprint density at radius 3 is 2.76 bits per heavy atom. The largest absolute Gasteiger partial charge is 0.350 e. The van der Waals surface area contributed by atoms with Crippen molar-refractivity contribution in [1.29, 1.82) is 0 Å². The highest BCUT2D eigenvalue weighted by atomic mass is 35.5. The van der Waals surface area contributed by atoms with Gasteiger partial charge in [-0.05, 0) is 43.5 Å². The van der Waals surface area contributed by atoms with Crippen molar-refractivity contribution < 1.29 is 14.0 Å². The number of hydrogen-bond acceptors (Lipinski definition) is 4. The number of nitrogens with zero attached hydrogens (tertiary/aromatic N) is 1. The Hall–Kier alpha value is -1.70. The topological polar surface area (TPSA) is 87.5 Å². The zero-order valence-electron chi connectivity index (χ0n) is 17.2. The predicted molar refractivity (Wildman–Crippen MR) is 113 cm³/mol. The van der Waals surface area contributed by atoms with Crippen LogP contribution in [0.3, 0.4) is 0 Å². The minimum absolute atomic E-state index is 0.0207. The van der Waals surface area contributed by atoms with Crippen molar-refractivity contribution >= 4 is 23.4 Å². The standard InChI is InChI=1S/C21H32ClFN4O2/c1-3-14(4-2)13-27-10-8-16(26-19(7-9-24)21(27)29)12-25-20(28)15-5-6-17(22)18(23)11-15/h5-6,11,14,16,19,26H,3-4,7-10,12-13,24H2,1-2H3,(H,25,28)/t16-,19-/m0/s1. The van der Waals surface area contributed by atoms with Crippen LogP contribution in [0.1, 0.15) is 49.9 Å². The van der Waals surface area contributed by atoms with Crippen LogP contribution < -0.4 is 16.4 Å². The van der Waals surface area contributed by atoms with Gasteiger partial charge in [0.25, 0.3) is 5.91 Å². The summed E-state index contributed by atoms with van der Waals surface area (Å²) in [4.78, 5) is 27.2. The molecule has 0 unspecified atom stereocenters. The molecule has 0 saturated carbocycles. The van der Waals surface area contributed by atoms with Crippen molar-refractivity contribution in [1.82, 2.24) is 15.5 Å². The summed E-state index contributed by atoms with van der Waals surface area (Å²) in [6.07, 6.45) is 3.34. The fourth-order valence-electron chi connectivity index (χ4n) is 3.61. The smallest absolute Gasteiger partial charge is 0.251 e. The number of carbonyl (C=O) groups is 2. The van der Waals surface area contributed by atoms with E-state index in [-0.39, 0.29) is 34.5 Å². The van der Waals surface area contributed by atoms with Crippen molar-refractivity contribution in [2.75, 3.05) is 26.2 Å². The molecule has 1 aliphatic heterocycles. The van der Waals surface area contributed by atoms with E-state index >= 15 is 0 Å². The van der Waals surface area contributed by atoms with E-state index in [1.54, 1.807) is 0 Å². The summed E-state index contributed by atoms with van der Waals surface area (Å²) in [5.41, 5.74) is 5.93. The van der Waals surface area contributed by atoms with Crippen molar-refractivity contribution in [3.63, 3.8) is 0 Å². The minimum Gasteiger partial charge on any atom is -0.350 e. The summed E-state index contributed by atoms with van der Waals surface area (Å²) in [6.45, 7) is 6.42. The van der Waals surface area contributed by atoms with E-state index in [1.165, 1.54) is 12.1 Å². The molecule has 4 N–H and O–H groups in total. The Morgan fingerprint density at radius 2 is 2.14 bits per heavy atom. The van der Waals surface area contributed by atoms with Crippen LogP contribution in [0.25, 0.3) is 0 Å². The van der Waals surface area contributed by atoms with Crippen molar-refractivity contribution in [3.8, 4) is 0 Å². The van der Waals surface area contributed by atoms with Gasteiger partial charge in [-0.25, -0.2) is 4.39 Å². The van der Waals surface area contributed by atoms with Gasteiger partial charge in [-0.15, -0.1) is 0 Å². The van der Waals surface area contributed by atoms with Gasteiger partial charge in [0.2, 0.25) is 5.91 Å². The van der Waals surface area contributed by atoms with Crippen molar-refractivity contribution in [2.45, 2.75) is 51.6 Å². The number of hydrogen-bond donors (Lipinski definition) is 3. The molecule has 0 radical (unpaired) electrons. The second-order valence-electron chi connectivity index (χ2n) is 7.59. The van der Waals surface area contributed by atoms with Crippen LogP contribution in [0.2, 0.25) is 5.02 Å². The fourth-order valence-corrected chi connectivity index (χ4v) is 3.73. The van der Waals surface area contributed by atoms with Gasteiger partial charge in [0, 0.05) is 31.2 Å². The zero-order chi connectivity index (χ0) is 21.4. The Labute approximate surface area is 177 Å². The van der Waals surface area contributed by atoms with E-state index in [0.717, 1.165) is 31.9 Å². The number of nitrogens with two attached hydrogens (primary N) is 1. The summed E-state index contributed by atoms with van der Waals surface area (Å²) in [6, 6.07) is 3.55. The molecule has 8 heteroatoms. The third-order valence-electron chi connectivity index (χ3n) is 5.57. The highest BCUT2D eigenvalue weighted by Gasteiger charge is 2.31. The summed E-state index contributed by atoms with van der Waals surface area (Å²) in [5.74, 6) is -0.441. The van der Waals surface area contributed by atoms with E-state index in [1.807, 2.05) is 4.90 Å². The molecule has 0 aliphatic carbocycles.